The molecule has 0 radical (unpaired) electrons. The minimum atomic E-state index is -3.21. The fraction of sp³-hybridized carbons (Fsp3) is 0.571. The number of rotatable bonds is 5. The van der Waals surface area contributed by atoms with E-state index < -0.39 is 10.0 Å². The van der Waals surface area contributed by atoms with Gasteiger partial charge < -0.3 is 0 Å². The normalized spacial score (nSPS) is 20.8. The van der Waals surface area contributed by atoms with Crippen LogP contribution in [0.3, 0.4) is 0 Å². The minimum absolute atomic E-state index is 0.0776. The number of sulfonamides is 1. The zero-order chi connectivity index (χ0) is 13.9. The van der Waals surface area contributed by atoms with Crippen LogP contribution in [0.25, 0.3) is 0 Å². The maximum atomic E-state index is 12.5. The Morgan fingerprint density at radius 2 is 2.11 bits per heavy atom. The second-order valence-corrected chi connectivity index (χ2v) is 7.21. The molecule has 0 amide bonds. The van der Waals surface area contributed by atoms with Crippen molar-refractivity contribution in [3.63, 3.8) is 0 Å². The molecule has 0 aliphatic carbocycles. The summed E-state index contributed by atoms with van der Waals surface area (Å²) in [4.78, 5) is 0. The second-order valence-electron chi connectivity index (χ2n) is 5.02. The van der Waals surface area contributed by atoms with E-state index in [0.717, 1.165) is 30.4 Å². The molecule has 0 N–H and O–H groups in total. The van der Waals surface area contributed by atoms with Crippen LogP contribution in [0.5, 0.6) is 0 Å². The molecule has 1 aliphatic heterocycles. The molecule has 0 saturated carbocycles. The highest BCUT2D eigenvalue weighted by molar-refractivity contribution is 7.88. The van der Waals surface area contributed by atoms with Gasteiger partial charge in [-0.05, 0) is 30.4 Å². The van der Waals surface area contributed by atoms with Gasteiger partial charge in [0.1, 0.15) is 0 Å². The number of hydrogen-bond donors (Lipinski definition) is 0. The molecule has 0 bridgehead atoms. The highest BCUT2D eigenvalue weighted by Gasteiger charge is 2.32. The van der Waals surface area contributed by atoms with Gasteiger partial charge in [0.15, 0.2) is 0 Å². The summed E-state index contributed by atoms with van der Waals surface area (Å²) < 4.78 is 26.6. The Kier molecular flexibility index (Phi) is 4.87. The van der Waals surface area contributed by atoms with Gasteiger partial charge in [-0.15, -0.1) is 11.6 Å². The Morgan fingerprint density at radius 3 is 2.79 bits per heavy atom. The van der Waals surface area contributed by atoms with Crippen LogP contribution in [0.2, 0.25) is 0 Å². The van der Waals surface area contributed by atoms with E-state index in [2.05, 4.69) is 0 Å². The third-order valence-electron chi connectivity index (χ3n) is 3.65. The van der Waals surface area contributed by atoms with Crippen LogP contribution in [-0.4, -0.2) is 25.3 Å². The van der Waals surface area contributed by atoms with E-state index in [-0.39, 0.29) is 11.8 Å². The fourth-order valence-electron chi connectivity index (χ4n) is 2.68. The van der Waals surface area contributed by atoms with E-state index >= 15 is 0 Å². The van der Waals surface area contributed by atoms with E-state index in [1.165, 1.54) is 0 Å². The summed E-state index contributed by atoms with van der Waals surface area (Å²) in [5.41, 5.74) is 1.78. The highest BCUT2D eigenvalue weighted by atomic mass is 35.5. The standard InChI is InChI=1S/C14H20ClNO2S/c1-2-14-7-4-8-16(14)19(17,18)11-13-6-3-5-12(9-13)10-15/h3,5-6,9,14H,2,4,7-8,10-11H2,1H3. The number of alkyl halides is 1. The predicted octanol–water partition coefficient (Wildman–Crippen LogP) is 3.13. The predicted molar refractivity (Wildman–Crippen MR) is 78.6 cm³/mol. The molecule has 1 aliphatic rings. The third-order valence-corrected chi connectivity index (χ3v) is 5.85. The smallest absolute Gasteiger partial charge is 0.212 e. The van der Waals surface area contributed by atoms with Gasteiger partial charge in [-0.2, -0.15) is 4.31 Å². The number of halogens is 1. The van der Waals surface area contributed by atoms with E-state index in [9.17, 15) is 8.42 Å². The molecule has 1 saturated heterocycles. The van der Waals surface area contributed by atoms with Crippen molar-refractivity contribution in [2.45, 2.75) is 43.9 Å². The van der Waals surface area contributed by atoms with Gasteiger partial charge in [0, 0.05) is 18.5 Å². The van der Waals surface area contributed by atoms with Crippen molar-refractivity contribution in [1.29, 1.82) is 0 Å². The third kappa shape index (κ3) is 3.50. The Labute approximate surface area is 120 Å². The van der Waals surface area contributed by atoms with Gasteiger partial charge in [-0.1, -0.05) is 31.2 Å². The first-order valence-corrected chi connectivity index (χ1v) is 8.84. The quantitative estimate of drug-likeness (QED) is 0.784. The van der Waals surface area contributed by atoms with Crippen LogP contribution in [-0.2, 0) is 21.7 Å². The van der Waals surface area contributed by atoms with Gasteiger partial charge in [-0.3, -0.25) is 0 Å². The highest BCUT2D eigenvalue weighted by Crippen LogP contribution is 2.25. The molecule has 2 rings (SSSR count). The Hall–Kier alpha value is -0.580. The lowest BCUT2D eigenvalue weighted by Crippen LogP contribution is -2.35. The van der Waals surface area contributed by atoms with E-state index in [1.807, 2.05) is 31.2 Å². The molecular formula is C14H20ClNO2S. The van der Waals surface area contributed by atoms with Crippen molar-refractivity contribution in [3.05, 3.63) is 35.4 Å². The first kappa shape index (κ1) is 14.8. The Balaban J connectivity index is 2.16. The molecule has 19 heavy (non-hydrogen) atoms. The molecule has 1 heterocycles. The molecule has 1 aromatic rings. The van der Waals surface area contributed by atoms with Crippen molar-refractivity contribution in [2.75, 3.05) is 6.54 Å². The lowest BCUT2D eigenvalue weighted by atomic mass is 10.2. The summed E-state index contributed by atoms with van der Waals surface area (Å²) in [5.74, 6) is 0.489. The average molecular weight is 302 g/mol. The van der Waals surface area contributed by atoms with Crippen molar-refractivity contribution < 1.29 is 8.42 Å². The number of nitrogens with zero attached hydrogens (tertiary/aromatic N) is 1. The van der Waals surface area contributed by atoms with Gasteiger partial charge in [0.2, 0.25) is 10.0 Å². The largest absolute Gasteiger partial charge is 0.218 e. The topological polar surface area (TPSA) is 37.4 Å². The monoisotopic (exact) mass is 301 g/mol. The summed E-state index contributed by atoms with van der Waals surface area (Å²) in [6.07, 6.45) is 2.85. The molecule has 1 unspecified atom stereocenters. The van der Waals surface area contributed by atoms with Crippen molar-refractivity contribution in [2.24, 2.45) is 0 Å². The zero-order valence-electron chi connectivity index (χ0n) is 11.2. The molecule has 3 nitrogen and oxygen atoms in total. The summed E-state index contributed by atoms with van der Waals surface area (Å²) >= 11 is 5.78. The molecule has 1 atom stereocenters. The van der Waals surface area contributed by atoms with E-state index in [0.29, 0.717) is 12.4 Å². The molecule has 106 valence electrons. The molecule has 1 aromatic carbocycles. The zero-order valence-corrected chi connectivity index (χ0v) is 12.8. The fourth-order valence-corrected chi connectivity index (χ4v) is 4.73. The van der Waals surface area contributed by atoms with Crippen LogP contribution in [0, 0.1) is 0 Å². The van der Waals surface area contributed by atoms with Gasteiger partial charge in [0.25, 0.3) is 0 Å². The van der Waals surface area contributed by atoms with Crippen LogP contribution >= 0.6 is 11.6 Å². The van der Waals surface area contributed by atoms with Crippen LogP contribution < -0.4 is 0 Å². The Morgan fingerprint density at radius 1 is 1.37 bits per heavy atom. The molecule has 1 fully saturated rings. The maximum absolute atomic E-state index is 12.5. The van der Waals surface area contributed by atoms with Gasteiger partial charge in [0.05, 0.1) is 5.75 Å². The first-order chi connectivity index (χ1) is 9.06. The maximum Gasteiger partial charge on any atom is 0.218 e. The molecule has 0 spiro atoms. The summed E-state index contributed by atoms with van der Waals surface area (Å²) in [6, 6.07) is 7.69. The van der Waals surface area contributed by atoms with Gasteiger partial charge >= 0.3 is 0 Å². The SMILES string of the molecule is CCC1CCCN1S(=O)(=O)Cc1cccc(CCl)c1. The second kappa shape index (κ2) is 6.25. The Bertz CT molecular complexity index is 530. The number of hydrogen-bond acceptors (Lipinski definition) is 2. The van der Waals surface area contributed by atoms with Crippen LogP contribution in [0.1, 0.15) is 37.3 Å². The lowest BCUT2D eigenvalue weighted by molar-refractivity contribution is 0.379. The van der Waals surface area contributed by atoms with E-state index in [4.69, 9.17) is 11.6 Å². The first-order valence-electron chi connectivity index (χ1n) is 6.70. The lowest BCUT2D eigenvalue weighted by Gasteiger charge is -2.23. The van der Waals surface area contributed by atoms with Crippen molar-refractivity contribution in [3.8, 4) is 0 Å². The molecule has 0 aromatic heterocycles. The van der Waals surface area contributed by atoms with Crippen molar-refractivity contribution in [1.82, 2.24) is 4.31 Å². The minimum Gasteiger partial charge on any atom is -0.212 e. The van der Waals surface area contributed by atoms with E-state index in [1.54, 1.807) is 4.31 Å². The van der Waals surface area contributed by atoms with Crippen LogP contribution in [0.4, 0.5) is 0 Å². The van der Waals surface area contributed by atoms with Gasteiger partial charge in [-0.25, -0.2) is 8.42 Å². The van der Waals surface area contributed by atoms with Crippen molar-refractivity contribution >= 4 is 21.6 Å². The molecule has 5 heteroatoms. The number of benzene rings is 1. The summed E-state index contributed by atoms with van der Waals surface area (Å²) in [5, 5.41) is 0. The van der Waals surface area contributed by atoms with Crippen LogP contribution in [0.15, 0.2) is 24.3 Å². The molecular weight excluding hydrogens is 282 g/mol. The average Bonchev–Trinajstić information content (AvgIpc) is 2.87. The summed E-state index contributed by atoms with van der Waals surface area (Å²) in [7, 11) is -3.21. The summed E-state index contributed by atoms with van der Waals surface area (Å²) in [6.45, 7) is 2.71.